The average molecular weight is 417 g/mol. The number of nitrogens with zero attached hydrogens (tertiary/aromatic N) is 2. The molecule has 3 rings (SSSR count). The molecule has 1 aliphatic rings. The largest absolute Gasteiger partial charge is 0.508 e. The van der Waals surface area contributed by atoms with Gasteiger partial charge in [-0.15, -0.1) is 0 Å². The topological polar surface area (TPSA) is 108 Å². The van der Waals surface area contributed by atoms with Gasteiger partial charge in [-0.1, -0.05) is 13.0 Å². The van der Waals surface area contributed by atoms with Crippen LogP contribution in [0.3, 0.4) is 0 Å². The lowest BCUT2D eigenvalue weighted by atomic mass is 10.1. The Bertz CT molecular complexity index is 997. The highest BCUT2D eigenvalue weighted by Gasteiger charge is 2.26. The predicted molar refractivity (Wildman–Crippen MR) is 108 cm³/mol. The van der Waals surface area contributed by atoms with Gasteiger partial charge in [0.15, 0.2) is 0 Å². The summed E-state index contributed by atoms with van der Waals surface area (Å²) in [6.45, 7) is 3.18. The van der Waals surface area contributed by atoms with Crippen molar-refractivity contribution in [1.82, 2.24) is 9.73 Å². The normalized spacial score (nSPS) is 15.8. The molecular formula is C20H23N3O5S. The fourth-order valence-corrected chi connectivity index (χ4v) is 4.37. The number of benzene rings is 2. The highest BCUT2D eigenvalue weighted by atomic mass is 32.2. The lowest BCUT2D eigenvalue weighted by molar-refractivity contribution is 0.0730. The fourth-order valence-electron chi connectivity index (χ4n) is 2.92. The Balaban J connectivity index is 1.77. The summed E-state index contributed by atoms with van der Waals surface area (Å²) in [5, 5.41) is 13.6. The highest BCUT2D eigenvalue weighted by Crippen LogP contribution is 2.18. The SMILES string of the molecule is CC/C(=N\NC(=O)c1cccc(S(=O)(=O)N2CCOCC2)c1)c1ccc(O)cc1. The molecule has 9 heteroatoms. The van der Waals surface area contributed by atoms with Crippen LogP contribution >= 0.6 is 0 Å². The Morgan fingerprint density at radius 2 is 1.83 bits per heavy atom. The number of carbonyl (C=O) groups is 1. The maximum absolute atomic E-state index is 12.8. The van der Waals surface area contributed by atoms with Crippen LogP contribution < -0.4 is 5.43 Å². The molecule has 1 saturated heterocycles. The van der Waals surface area contributed by atoms with E-state index in [1.165, 1.54) is 28.6 Å². The van der Waals surface area contributed by atoms with E-state index >= 15 is 0 Å². The molecule has 0 saturated carbocycles. The van der Waals surface area contributed by atoms with Crippen LogP contribution in [-0.2, 0) is 14.8 Å². The van der Waals surface area contributed by atoms with Gasteiger partial charge in [0.25, 0.3) is 5.91 Å². The molecule has 2 aromatic rings. The first kappa shape index (κ1) is 21.0. The monoisotopic (exact) mass is 417 g/mol. The van der Waals surface area contributed by atoms with Crippen molar-refractivity contribution in [1.29, 1.82) is 0 Å². The Labute approximate surface area is 169 Å². The number of morpholine rings is 1. The molecule has 0 spiro atoms. The van der Waals surface area contributed by atoms with E-state index in [9.17, 15) is 18.3 Å². The Hall–Kier alpha value is -2.75. The van der Waals surface area contributed by atoms with E-state index in [0.29, 0.717) is 25.3 Å². The van der Waals surface area contributed by atoms with Crippen LogP contribution in [0.15, 0.2) is 58.5 Å². The van der Waals surface area contributed by atoms with Crippen LogP contribution in [0, 0.1) is 0 Å². The Morgan fingerprint density at radius 3 is 2.48 bits per heavy atom. The number of hydrogen-bond acceptors (Lipinski definition) is 6. The molecule has 0 aliphatic carbocycles. The molecule has 2 N–H and O–H groups in total. The molecular weight excluding hydrogens is 394 g/mol. The third kappa shape index (κ3) is 5.00. The molecule has 0 unspecified atom stereocenters. The number of ether oxygens (including phenoxy) is 1. The van der Waals surface area contributed by atoms with Crippen LogP contribution in [0.1, 0.15) is 29.3 Å². The zero-order chi connectivity index (χ0) is 20.9. The standard InChI is InChI=1S/C20H23N3O5S/c1-2-19(15-6-8-17(24)9-7-15)21-22-20(25)16-4-3-5-18(14-16)29(26,27)23-10-12-28-13-11-23/h3-9,14,24H,2,10-13H2,1H3,(H,22,25)/b21-19+. The zero-order valence-electron chi connectivity index (χ0n) is 16.0. The molecule has 1 amide bonds. The maximum Gasteiger partial charge on any atom is 0.271 e. The molecule has 1 fully saturated rings. The lowest BCUT2D eigenvalue weighted by Crippen LogP contribution is -2.40. The van der Waals surface area contributed by atoms with Gasteiger partial charge in [-0.25, -0.2) is 13.8 Å². The van der Waals surface area contributed by atoms with Gasteiger partial charge in [0, 0.05) is 18.7 Å². The molecule has 1 aliphatic heterocycles. The minimum Gasteiger partial charge on any atom is -0.508 e. The van der Waals surface area contributed by atoms with Gasteiger partial charge in [0.1, 0.15) is 5.75 Å². The summed E-state index contributed by atoms with van der Waals surface area (Å²) in [5.74, 6) is -0.361. The van der Waals surface area contributed by atoms with Gasteiger partial charge in [0.2, 0.25) is 10.0 Å². The van der Waals surface area contributed by atoms with Crippen molar-refractivity contribution in [3.05, 3.63) is 59.7 Å². The molecule has 0 aromatic heterocycles. The molecule has 29 heavy (non-hydrogen) atoms. The van der Waals surface area contributed by atoms with E-state index < -0.39 is 15.9 Å². The van der Waals surface area contributed by atoms with E-state index in [0.717, 1.165) is 5.56 Å². The Kier molecular flexibility index (Phi) is 6.63. The number of phenols is 1. The van der Waals surface area contributed by atoms with E-state index in [-0.39, 0.29) is 29.3 Å². The van der Waals surface area contributed by atoms with Gasteiger partial charge in [0.05, 0.1) is 23.8 Å². The minimum absolute atomic E-state index is 0.0604. The van der Waals surface area contributed by atoms with Crippen LogP contribution in [0.2, 0.25) is 0 Å². The van der Waals surface area contributed by atoms with Gasteiger partial charge < -0.3 is 9.84 Å². The summed E-state index contributed by atoms with van der Waals surface area (Å²) in [5.41, 5.74) is 4.08. The van der Waals surface area contributed by atoms with Crippen LogP contribution in [0.4, 0.5) is 0 Å². The number of rotatable bonds is 6. The van der Waals surface area contributed by atoms with Crippen molar-refractivity contribution in [2.45, 2.75) is 18.2 Å². The smallest absolute Gasteiger partial charge is 0.271 e. The second-order valence-electron chi connectivity index (χ2n) is 6.44. The summed E-state index contributed by atoms with van der Waals surface area (Å²) in [7, 11) is -3.69. The first-order chi connectivity index (χ1) is 13.9. The summed E-state index contributed by atoms with van der Waals surface area (Å²) >= 11 is 0. The number of phenolic OH excluding ortho intramolecular Hbond substituents is 1. The van der Waals surface area contributed by atoms with E-state index in [1.54, 1.807) is 24.3 Å². The average Bonchev–Trinajstić information content (AvgIpc) is 2.76. The molecule has 0 bridgehead atoms. The first-order valence-corrected chi connectivity index (χ1v) is 10.7. The highest BCUT2D eigenvalue weighted by molar-refractivity contribution is 7.89. The summed E-state index contributed by atoms with van der Waals surface area (Å²) in [6.07, 6.45) is 0.566. The van der Waals surface area contributed by atoms with Gasteiger partial charge in [-0.3, -0.25) is 4.79 Å². The van der Waals surface area contributed by atoms with Crippen LogP contribution in [-0.4, -0.2) is 55.8 Å². The first-order valence-electron chi connectivity index (χ1n) is 9.26. The summed E-state index contributed by atoms with van der Waals surface area (Å²) < 4.78 is 32.1. The third-order valence-corrected chi connectivity index (χ3v) is 6.43. The van der Waals surface area contributed by atoms with Crippen molar-refractivity contribution in [3.63, 3.8) is 0 Å². The third-order valence-electron chi connectivity index (χ3n) is 4.53. The number of aromatic hydroxyl groups is 1. The van der Waals surface area contributed by atoms with Crippen molar-refractivity contribution in [2.24, 2.45) is 5.10 Å². The number of carbonyl (C=O) groups excluding carboxylic acids is 1. The zero-order valence-corrected chi connectivity index (χ0v) is 16.9. The van der Waals surface area contributed by atoms with E-state index in [1.807, 2.05) is 6.92 Å². The fraction of sp³-hybridized carbons (Fsp3) is 0.300. The van der Waals surface area contributed by atoms with Gasteiger partial charge in [-0.05, 0) is 54.4 Å². The Morgan fingerprint density at radius 1 is 1.14 bits per heavy atom. The van der Waals surface area contributed by atoms with Crippen molar-refractivity contribution in [2.75, 3.05) is 26.3 Å². The number of nitrogens with one attached hydrogen (secondary N) is 1. The van der Waals surface area contributed by atoms with Crippen molar-refractivity contribution >= 4 is 21.6 Å². The predicted octanol–water partition coefficient (Wildman–Crippen LogP) is 1.96. The quantitative estimate of drug-likeness (QED) is 0.552. The number of hydrazone groups is 1. The second kappa shape index (κ2) is 9.17. The number of hydrogen-bond donors (Lipinski definition) is 2. The summed E-state index contributed by atoms with van der Waals surface area (Å²) in [6, 6.07) is 12.4. The number of amides is 1. The minimum atomic E-state index is -3.69. The number of sulfonamides is 1. The maximum atomic E-state index is 12.8. The van der Waals surface area contributed by atoms with Crippen LogP contribution in [0.25, 0.3) is 0 Å². The van der Waals surface area contributed by atoms with E-state index in [2.05, 4.69) is 10.5 Å². The molecule has 0 atom stereocenters. The molecule has 8 nitrogen and oxygen atoms in total. The second-order valence-corrected chi connectivity index (χ2v) is 8.38. The molecule has 0 radical (unpaired) electrons. The molecule has 154 valence electrons. The van der Waals surface area contributed by atoms with E-state index in [4.69, 9.17) is 4.74 Å². The van der Waals surface area contributed by atoms with Crippen molar-refractivity contribution < 1.29 is 23.1 Å². The van der Waals surface area contributed by atoms with Gasteiger partial charge in [-0.2, -0.15) is 9.41 Å². The lowest BCUT2D eigenvalue weighted by Gasteiger charge is -2.26. The molecule has 1 heterocycles. The van der Waals surface area contributed by atoms with Crippen molar-refractivity contribution in [3.8, 4) is 5.75 Å². The summed E-state index contributed by atoms with van der Waals surface area (Å²) in [4.78, 5) is 12.6. The van der Waals surface area contributed by atoms with Gasteiger partial charge >= 0.3 is 0 Å². The van der Waals surface area contributed by atoms with Crippen LogP contribution in [0.5, 0.6) is 5.75 Å². The molecule has 2 aromatic carbocycles.